The minimum Gasteiger partial charge on any atom is -0.481 e. The molecule has 0 amide bonds. The summed E-state index contributed by atoms with van der Waals surface area (Å²) in [6, 6.07) is 4.38. The van der Waals surface area contributed by atoms with E-state index in [1.165, 1.54) is 12.1 Å². The molecule has 6 heteroatoms. The van der Waals surface area contributed by atoms with E-state index in [0.29, 0.717) is 24.8 Å². The van der Waals surface area contributed by atoms with Gasteiger partial charge in [0.2, 0.25) is 0 Å². The second-order valence-electron chi connectivity index (χ2n) is 4.71. The molecule has 1 heterocycles. The normalized spacial score (nSPS) is 21.7. The van der Waals surface area contributed by atoms with Crippen LogP contribution in [0.15, 0.2) is 18.2 Å². The van der Waals surface area contributed by atoms with E-state index in [4.69, 9.17) is 5.11 Å². The van der Waals surface area contributed by atoms with Crippen LogP contribution in [0.25, 0.3) is 0 Å². The minimum atomic E-state index is -3.63. The maximum absolute atomic E-state index is 12.8. The van der Waals surface area contributed by atoms with Gasteiger partial charge in [0, 0.05) is 0 Å². The maximum Gasteiger partial charge on any atom is 0.586 e. The molecule has 1 aliphatic heterocycles. The van der Waals surface area contributed by atoms with Crippen LogP contribution in [0.4, 0.5) is 8.78 Å². The summed E-state index contributed by atoms with van der Waals surface area (Å²) in [6.07, 6.45) is -2.07. The van der Waals surface area contributed by atoms with Crippen molar-refractivity contribution in [3.05, 3.63) is 23.8 Å². The number of hydrogen-bond acceptors (Lipinski definition) is 3. The zero-order chi connectivity index (χ0) is 13.0. The van der Waals surface area contributed by atoms with Crippen molar-refractivity contribution in [3.8, 4) is 11.5 Å². The van der Waals surface area contributed by atoms with Gasteiger partial charge >= 0.3 is 12.3 Å². The van der Waals surface area contributed by atoms with Gasteiger partial charge in [-0.2, -0.15) is 0 Å². The number of hydrogen-bond donors (Lipinski definition) is 1. The van der Waals surface area contributed by atoms with Crippen LogP contribution in [-0.2, 0) is 11.2 Å². The summed E-state index contributed by atoms with van der Waals surface area (Å²) in [5, 5.41) is 9.07. The number of halogens is 2. The molecule has 0 bridgehead atoms. The molecule has 1 aliphatic carbocycles. The van der Waals surface area contributed by atoms with E-state index in [-0.39, 0.29) is 11.5 Å². The number of aliphatic carboxylic acids is 1. The quantitative estimate of drug-likeness (QED) is 0.902. The van der Waals surface area contributed by atoms with E-state index >= 15 is 0 Å². The lowest BCUT2D eigenvalue weighted by atomic mass is 9.96. The fourth-order valence-corrected chi connectivity index (χ4v) is 2.11. The SMILES string of the molecule is O=C(O)C1(Cc2ccc3c(c2)OC(F)(F)O3)CC1. The van der Waals surface area contributed by atoms with Crippen molar-refractivity contribution >= 4 is 5.97 Å². The fraction of sp³-hybridized carbons (Fsp3) is 0.417. The highest BCUT2D eigenvalue weighted by Crippen LogP contribution is 2.50. The molecule has 0 atom stereocenters. The molecule has 1 N–H and O–H groups in total. The Bertz CT molecular complexity index is 523. The number of carboxylic acid groups (broad SMARTS) is 1. The Morgan fingerprint density at radius 1 is 1.28 bits per heavy atom. The summed E-state index contributed by atoms with van der Waals surface area (Å²) in [4.78, 5) is 11.0. The molecule has 3 rings (SSSR count). The van der Waals surface area contributed by atoms with Gasteiger partial charge in [0.1, 0.15) is 0 Å². The lowest BCUT2D eigenvalue weighted by molar-refractivity contribution is -0.286. The summed E-state index contributed by atoms with van der Waals surface area (Å²) in [5.74, 6) is -0.909. The molecule has 1 aromatic rings. The highest BCUT2D eigenvalue weighted by Gasteiger charge is 2.50. The van der Waals surface area contributed by atoms with Crippen LogP contribution in [0.5, 0.6) is 11.5 Å². The van der Waals surface area contributed by atoms with Crippen molar-refractivity contribution in [1.82, 2.24) is 0 Å². The molecule has 2 aliphatic rings. The third-order valence-electron chi connectivity index (χ3n) is 3.32. The van der Waals surface area contributed by atoms with Gasteiger partial charge in [-0.25, -0.2) is 0 Å². The molecule has 1 saturated carbocycles. The summed E-state index contributed by atoms with van der Waals surface area (Å²) >= 11 is 0. The first-order chi connectivity index (χ1) is 8.40. The van der Waals surface area contributed by atoms with Gasteiger partial charge in [0.25, 0.3) is 0 Å². The van der Waals surface area contributed by atoms with E-state index in [9.17, 15) is 13.6 Å². The number of ether oxygens (including phenoxy) is 2. The number of rotatable bonds is 3. The van der Waals surface area contributed by atoms with Gasteiger partial charge in [0.05, 0.1) is 5.41 Å². The number of benzene rings is 1. The predicted molar refractivity (Wildman–Crippen MR) is 55.7 cm³/mol. The maximum atomic E-state index is 12.8. The fourth-order valence-electron chi connectivity index (χ4n) is 2.11. The monoisotopic (exact) mass is 256 g/mol. The Kier molecular flexibility index (Phi) is 2.09. The van der Waals surface area contributed by atoms with Crippen molar-refractivity contribution in [1.29, 1.82) is 0 Å². The lowest BCUT2D eigenvalue weighted by Crippen LogP contribution is -2.25. The zero-order valence-electron chi connectivity index (χ0n) is 9.28. The Hall–Kier alpha value is -1.85. The molecule has 0 radical (unpaired) electrons. The number of alkyl halides is 2. The van der Waals surface area contributed by atoms with Gasteiger partial charge in [-0.1, -0.05) is 6.07 Å². The molecule has 1 fully saturated rings. The molecule has 0 unspecified atom stereocenters. The summed E-state index contributed by atoms with van der Waals surface area (Å²) < 4.78 is 34.2. The molecular formula is C12H10F2O4. The first kappa shape index (κ1) is 11.3. The van der Waals surface area contributed by atoms with Crippen LogP contribution in [0.3, 0.4) is 0 Å². The lowest BCUT2D eigenvalue weighted by Gasteiger charge is -2.09. The molecule has 0 spiro atoms. The van der Waals surface area contributed by atoms with Crippen LogP contribution in [0.1, 0.15) is 18.4 Å². The van der Waals surface area contributed by atoms with Gasteiger partial charge in [-0.05, 0) is 37.0 Å². The second kappa shape index (κ2) is 3.34. The molecule has 1 aromatic carbocycles. The van der Waals surface area contributed by atoms with E-state index in [0.717, 1.165) is 0 Å². The van der Waals surface area contributed by atoms with E-state index in [1.54, 1.807) is 6.07 Å². The van der Waals surface area contributed by atoms with Gasteiger partial charge in [0.15, 0.2) is 11.5 Å². The Morgan fingerprint density at radius 2 is 1.94 bits per heavy atom. The van der Waals surface area contributed by atoms with E-state index in [2.05, 4.69) is 9.47 Å². The van der Waals surface area contributed by atoms with Gasteiger partial charge in [-0.3, -0.25) is 4.79 Å². The molecule has 4 nitrogen and oxygen atoms in total. The standard InChI is InChI=1S/C12H10F2O4/c13-12(14)17-8-2-1-7(5-9(8)18-12)6-11(3-4-11)10(15)16/h1-2,5H,3-4,6H2,(H,15,16). The Balaban J connectivity index is 1.83. The molecule has 0 aromatic heterocycles. The van der Waals surface area contributed by atoms with Crippen LogP contribution in [-0.4, -0.2) is 17.4 Å². The third-order valence-corrected chi connectivity index (χ3v) is 3.32. The minimum absolute atomic E-state index is 0.0241. The predicted octanol–water partition coefficient (Wildman–Crippen LogP) is 2.42. The largest absolute Gasteiger partial charge is 0.586 e. The Morgan fingerprint density at radius 3 is 2.56 bits per heavy atom. The third kappa shape index (κ3) is 1.77. The smallest absolute Gasteiger partial charge is 0.481 e. The average molecular weight is 256 g/mol. The molecule has 96 valence electrons. The van der Waals surface area contributed by atoms with Crippen LogP contribution in [0, 0.1) is 5.41 Å². The number of carboxylic acids is 1. The topological polar surface area (TPSA) is 55.8 Å². The second-order valence-corrected chi connectivity index (χ2v) is 4.71. The van der Waals surface area contributed by atoms with Crippen molar-refractivity contribution in [2.45, 2.75) is 25.6 Å². The van der Waals surface area contributed by atoms with Crippen molar-refractivity contribution < 1.29 is 28.2 Å². The molecular weight excluding hydrogens is 246 g/mol. The summed E-state index contributed by atoms with van der Waals surface area (Å²) in [6.45, 7) is 0. The Labute approximate surface area is 101 Å². The van der Waals surface area contributed by atoms with E-state index in [1.807, 2.05) is 0 Å². The van der Waals surface area contributed by atoms with Crippen LogP contribution < -0.4 is 9.47 Å². The first-order valence-electron chi connectivity index (χ1n) is 5.52. The molecule has 18 heavy (non-hydrogen) atoms. The zero-order valence-corrected chi connectivity index (χ0v) is 9.28. The summed E-state index contributed by atoms with van der Waals surface area (Å²) in [5.41, 5.74) is -0.0640. The number of fused-ring (bicyclic) bond motifs is 1. The van der Waals surface area contributed by atoms with Crippen molar-refractivity contribution in [3.63, 3.8) is 0 Å². The van der Waals surface area contributed by atoms with Crippen LogP contribution >= 0.6 is 0 Å². The number of carbonyl (C=O) groups is 1. The van der Waals surface area contributed by atoms with Crippen molar-refractivity contribution in [2.75, 3.05) is 0 Å². The van der Waals surface area contributed by atoms with Crippen LogP contribution in [0.2, 0.25) is 0 Å². The summed E-state index contributed by atoms with van der Waals surface area (Å²) in [7, 11) is 0. The first-order valence-corrected chi connectivity index (χ1v) is 5.52. The van der Waals surface area contributed by atoms with Gasteiger partial charge < -0.3 is 14.6 Å². The van der Waals surface area contributed by atoms with Gasteiger partial charge in [-0.15, -0.1) is 8.78 Å². The average Bonchev–Trinajstić information content (AvgIpc) is 2.95. The highest BCUT2D eigenvalue weighted by atomic mass is 19.3. The van der Waals surface area contributed by atoms with Crippen molar-refractivity contribution in [2.24, 2.45) is 5.41 Å². The highest BCUT2D eigenvalue weighted by molar-refractivity contribution is 5.78. The van der Waals surface area contributed by atoms with E-state index < -0.39 is 17.7 Å². The molecule has 0 saturated heterocycles.